The quantitative estimate of drug-likeness (QED) is 0.636. The molecule has 0 spiro atoms. The Bertz CT molecular complexity index is 618. The van der Waals surface area contributed by atoms with E-state index in [0.717, 1.165) is 19.9 Å². The molecule has 0 aromatic carbocycles. The average Bonchev–Trinajstić information content (AvgIpc) is 2.87. The van der Waals surface area contributed by atoms with Gasteiger partial charge in [0, 0.05) is 16.3 Å². The van der Waals surface area contributed by atoms with Gasteiger partial charge < -0.3 is 10.1 Å². The third kappa shape index (κ3) is 4.19. The van der Waals surface area contributed by atoms with Crippen LogP contribution in [0.4, 0.5) is 5.69 Å². The van der Waals surface area contributed by atoms with E-state index in [1.807, 2.05) is 18.2 Å². The highest BCUT2D eigenvalue weighted by molar-refractivity contribution is 9.10. The number of pyridine rings is 1. The highest BCUT2D eigenvalue weighted by Gasteiger charge is 2.06. The fourth-order valence-electron chi connectivity index (χ4n) is 1.53. The zero-order valence-corrected chi connectivity index (χ0v) is 13.8. The minimum Gasteiger partial charge on any atom is -0.469 e. The van der Waals surface area contributed by atoms with E-state index in [1.54, 1.807) is 17.5 Å². The molecule has 0 aliphatic carbocycles. The molecule has 0 aliphatic rings. The summed E-state index contributed by atoms with van der Waals surface area (Å²) < 4.78 is 5.39. The van der Waals surface area contributed by atoms with E-state index in [0.29, 0.717) is 18.1 Å². The Morgan fingerprint density at radius 1 is 1.50 bits per heavy atom. The third-order valence-electron chi connectivity index (χ3n) is 2.53. The molecule has 0 fully saturated rings. The lowest BCUT2D eigenvalue weighted by Crippen LogP contribution is -2.02. The second-order valence-corrected chi connectivity index (χ2v) is 6.44. The first-order valence-electron chi connectivity index (χ1n) is 5.78. The molecule has 106 valence electrons. The van der Waals surface area contributed by atoms with Crippen LogP contribution in [-0.4, -0.2) is 18.1 Å². The Morgan fingerprint density at radius 3 is 2.95 bits per heavy atom. The highest BCUT2D eigenvalue weighted by atomic mass is 79.9. The van der Waals surface area contributed by atoms with Gasteiger partial charge in [-0.05, 0) is 34.1 Å². The number of halogens is 2. The van der Waals surface area contributed by atoms with Crippen molar-refractivity contribution in [1.29, 1.82) is 0 Å². The van der Waals surface area contributed by atoms with Crippen LogP contribution in [0.5, 0.6) is 0 Å². The summed E-state index contributed by atoms with van der Waals surface area (Å²) in [6, 6.07) is 5.81. The van der Waals surface area contributed by atoms with Crippen LogP contribution >= 0.6 is 38.9 Å². The van der Waals surface area contributed by atoms with Crippen LogP contribution in [0.15, 0.2) is 28.9 Å². The Labute approximate surface area is 134 Å². The lowest BCUT2D eigenvalue weighted by molar-refractivity contribution is -0.139. The number of hydrogen-bond donors (Lipinski definition) is 1. The molecule has 0 unspecified atom stereocenters. The van der Waals surface area contributed by atoms with Crippen molar-refractivity contribution in [3.8, 4) is 0 Å². The largest absolute Gasteiger partial charge is 0.469 e. The first-order valence-corrected chi connectivity index (χ1v) is 7.76. The maximum atomic E-state index is 11.2. The van der Waals surface area contributed by atoms with Gasteiger partial charge in [-0.15, -0.1) is 11.3 Å². The zero-order chi connectivity index (χ0) is 14.5. The van der Waals surface area contributed by atoms with E-state index in [4.69, 9.17) is 11.6 Å². The minimum atomic E-state index is -0.225. The molecule has 1 N–H and O–H groups in total. The molecule has 0 saturated carbocycles. The number of ether oxygens (including phenoxy) is 1. The Hall–Kier alpha value is -1.11. The molecule has 0 aliphatic heterocycles. The van der Waals surface area contributed by atoms with Crippen molar-refractivity contribution in [3.63, 3.8) is 0 Å². The topological polar surface area (TPSA) is 51.2 Å². The van der Waals surface area contributed by atoms with Crippen molar-refractivity contribution in [3.05, 3.63) is 43.8 Å². The number of nitrogens with one attached hydrogen (secondary N) is 1. The van der Waals surface area contributed by atoms with Gasteiger partial charge in [0.15, 0.2) is 0 Å². The number of hydrogen-bond acceptors (Lipinski definition) is 5. The lowest BCUT2D eigenvalue weighted by atomic mass is 10.3. The summed E-state index contributed by atoms with van der Waals surface area (Å²) in [5.74, 6) is -0.225. The van der Waals surface area contributed by atoms with Crippen molar-refractivity contribution in [2.75, 3.05) is 12.4 Å². The summed E-state index contributed by atoms with van der Waals surface area (Å²) in [5.41, 5.74) is 0.879. The monoisotopic (exact) mass is 374 g/mol. The molecule has 2 aromatic heterocycles. The van der Waals surface area contributed by atoms with Crippen LogP contribution in [0.1, 0.15) is 9.75 Å². The molecular formula is C13H12BrClN2O2S. The summed E-state index contributed by atoms with van der Waals surface area (Å²) in [7, 11) is 1.39. The van der Waals surface area contributed by atoms with Crippen molar-refractivity contribution >= 4 is 50.5 Å². The van der Waals surface area contributed by atoms with E-state index in [2.05, 4.69) is 31.0 Å². The number of rotatable bonds is 5. The fourth-order valence-corrected chi connectivity index (χ4v) is 2.93. The average molecular weight is 376 g/mol. The number of aromatic nitrogens is 1. The Kier molecular flexibility index (Phi) is 5.39. The van der Waals surface area contributed by atoms with Gasteiger partial charge >= 0.3 is 5.97 Å². The van der Waals surface area contributed by atoms with Gasteiger partial charge in [0.2, 0.25) is 0 Å². The van der Waals surface area contributed by atoms with Crippen LogP contribution < -0.4 is 5.32 Å². The smallest absolute Gasteiger partial charge is 0.310 e. The van der Waals surface area contributed by atoms with Crippen LogP contribution in [0.3, 0.4) is 0 Å². The van der Waals surface area contributed by atoms with Crippen molar-refractivity contribution in [1.82, 2.24) is 4.98 Å². The van der Waals surface area contributed by atoms with E-state index >= 15 is 0 Å². The minimum absolute atomic E-state index is 0.225. The van der Waals surface area contributed by atoms with Gasteiger partial charge in [0.1, 0.15) is 5.15 Å². The molecule has 0 bridgehead atoms. The van der Waals surface area contributed by atoms with Crippen LogP contribution in [0, 0.1) is 0 Å². The van der Waals surface area contributed by atoms with Crippen LogP contribution in [-0.2, 0) is 22.5 Å². The van der Waals surface area contributed by atoms with E-state index in [-0.39, 0.29) is 5.97 Å². The molecule has 2 rings (SSSR count). The molecule has 4 nitrogen and oxygen atoms in total. The molecule has 0 saturated heterocycles. The van der Waals surface area contributed by atoms with Gasteiger partial charge in [-0.3, -0.25) is 4.79 Å². The van der Waals surface area contributed by atoms with Gasteiger partial charge in [-0.2, -0.15) is 0 Å². The Balaban J connectivity index is 1.93. The summed E-state index contributed by atoms with van der Waals surface area (Å²) >= 11 is 10.7. The third-order valence-corrected chi connectivity index (χ3v) is 4.75. The van der Waals surface area contributed by atoms with E-state index < -0.39 is 0 Å². The summed E-state index contributed by atoms with van der Waals surface area (Å²) in [4.78, 5) is 17.4. The molecule has 2 heterocycles. The normalized spacial score (nSPS) is 10.3. The van der Waals surface area contributed by atoms with E-state index in [9.17, 15) is 4.79 Å². The maximum Gasteiger partial charge on any atom is 0.310 e. The predicted octanol–water partition coefficient (Wildman–Crippen LogP) is 3.89. The number of anilines is 1. The number of esters is 1. The van der Waals surface area contributed by atoms with Crippen molar-refractivity contribution in [2.45, 2.75) is 13.0 Å². The predicted molar refractivity (Wildman–Crippen MR) is 84.3 cm³/mol. The summed E-state index contributed by atoms with van der Waals surface area (Å²) in [6.45, 7) is 0.668. The number of carbonyl (C=O) groups is 1. The van der Waals surface area contributed by atoms with Gasteiger partial charge in [0.05, 0.1) is 29.9 Å². The summed E-state index contributed by atoms with van der Waals surface area (Å²) in [6.07, 6.45) is 1.99. The molecule has 0 amide bonds. The summed E-state index contributed by atoms with van der Waals surface area (Å²) in [5, 5.41) is 3.69. The fraction of sp³-hybridized carbons (Fsp3) is 0.231. The molecule has 20 heavy (non-hydrogen) atoms. The number of carbonyl (C=O) groups excluding carboxylic acids is 1. The van der Waals surface area contributed by atoms with Crippen molar-refractivity contribution in [2.24, 2.45) is 0 Å². The standard InChI is InChI=1S/C13H12BrClN2O2S/c1-19-12(18)5-9-2-3-10(20-9)7-16-8-4-11(14)13(15)17-6-8/h2-4,6,16H,5,7H2,1H3. The van der Waals surface area contributed by atoms with Crippen molar-refractivity contribution < 1.29 is 9.53 Å². The van der Waals surface area contributed by atoms with Gasteiger partial charge in [-0.25, -0.2) is 4.98 Å². The maximum absolute atomic E-state index is 11.2. The molecule has 0 radical (unpaired) electrons. The molecule has 7 heteroatoms. The van der Waals surface area contributed by atoms with Gasteiger partial charge in [0.25, 0.3) is 0 Å². The number of nitrogens with zero attached hydrogens (tertiary/aromatic N) is 1. The first kappa shape index (κ1) is 15.3. The van der Waals surface area contributed by atoms with Crippen LogP contribution in [0.25, 0.3) is 0 Å². The molecule has 0 atom stereocenters. The first-order chi connectivity index (χ1) is 9.58. The Morgan fingerprint density at radius 2 is 2.25 bits per heavy atom. The van der Waals surface area contributed by atoms with Gasteiger partial charge in [-0.1, -0.05) is 11.6 Å². The molecule has 2 aromatic rings. The number of methoxy groups -OCH3 is 1. The van der Waals surface area contributed by atoms with Crippen LogP contribution in [0.2, 0.25) is 5.15 Å². The lowest BCUT2D eigenvalue weighted by Gasteiger charge is -2.05. The zero-order valence-electron chi connectivity index (χ0n) is 10.7. The SMILES string of the molecule is COC(=O)Cc1ccc(CNc2cnc(Cl)c(Br)c2)s1. The molecular weight excluding hydrogens is 364 g/mol. The highest BCUT2D eigenvalue weighted by Crippen LogP contribution is 2.24. The second kappa shape index (κ2) is 7.06. The second-order valence-electron chi connectivity index (χ2n) is 3.97. The number of thiophene rings is 1. The van der Waals surface area contributed by atoms with E-state index in [1.165, 1.54) is 7.11 Å².